The molecule has 4 aromatic rings. The van der Waals surface area contributed by atoms with E-state index in [-0.39, 0.29) is 5.91 Å². The van der Waals surface area contributed by atoms with Gasteiger partial charge in [0.05, 0.1) is 18.7 Å². The highest BCUT2D eigenvalue weighted by Crippen LogP contribution is 2.27. The van der Waals surface area contributed by atoms with Gasteiger partial charge in [-0.2, -0.15) is 5.10 Å². The van der Waals surface area contributed by atoms with Crippen LogP contribution < -0.4 is 5.32 Å². The van der Waals surface area contributed by atoms with E-state index in [0.29, 0.717) is 5.69 Å². The lowest BCUT2D eigenvalue weighted by Crippen LogP contribution is -2.35. The molecule has 2 aliphatic rings. The lowest BCUT2D eigenvalue weighted by atomic mass is 10.0. The number of carbonyl (C=O) groups excluding carboxylic acids is 1. The molecule has 38 heavy (non-hydrogen) atoms. The molecule has 2 saturated heterocycles. The Morgan fingerprint density at radius 3 is 2.55 bits per heavy atom. The van der Waals surface area contributed by atoms with Crippen molar-refractivity contribution in [2.45, 2.75) is 32.4 Å². The molecule has 0 spiro atoms. The third-order valence-corrected chi connectivity index (χ3v) is 7.46. The molecule has 2 fully saturated rings. The molecule has 2 aromatic heterocycles. The number of morpholine rings is 1. The van der Waals surface area contributed by atoms with E-state index < -0.39 is 0 Å². The first-order valence-electron chi connectivity index (χ1n) is 13.6. The van der Waals surface area contributed by atoms with E-state index in [1.807, 2.05) is 42.7 Å². The van der Waals surface area contributed by atoms with Gasteiger partial charge in [0.15, 0.2) is 5.69 Å². The van der Waals surface area contributed by atoms with Crippen LogP contribution in [-0.4, -0.2) is 70.3 Å². The molecule has 0 radical (unpaired) electrons. The number of hydrogen-bond donors (Lipinski definition) is 2. The average Bonchev–Trinajstić information content (AvgIpc) is 3.38. The van der Waals surface area contributed by atoms with Crippen LogP contribution in [0, 0.1) is 0 Å². The molecule has 0 saturated carbocycles. The second kappa shape index (κ2) is 11.4. The number of aromatic nitrogens is 3. The number of likely N-dealkylation sites (tertiary alicyclic amines) is 1. The third kappa shape index (κ3) is 5.78. The number of aromatic amines is 1. The number of ether oxygens (including phenoxy) is 1. The molecule has 2 N–H and O–H groups in total. The van der Waals surface area contributed by atoms with Gasteiger partial charge < -0.3 is 10.1 Å². The minimum atomic E-state index is -0.220. The first-order chi connectivity index (χ1) is 18.7. The Kier molecular flexibility index (Phi) is 7.44. The SMILES string of the molecule is O=C(Nc1cccc(CN2CCCCC2)c1)c1n[nH]c2ccc(-c3cncc(CN4CCOCC4)c3)cc12. The van der Waals surface area contributed by atoms with E-state index in [0.717, 1.165) is 80.2 Å². The van der Waals surface area contributed by atoms with Crippen molar-refractivity contribution < 1.29 is 9.53 Å². The summed E-state index contributed by atoms with van der Waals surface area (Å²) in [6, 6.07) is 16.4. The maximum atomic E-state index is 13.3. The second-order valence-electron chi connectivity index (χ2n) is 10.3. The van der Waals surface area contributed by atoms with Crippen LogP contribution in [0.25, 0.3) is 22.0 Å². The summed E-state index contributed by atoms with van der Waals surface area (Å²) in [4.78, 5) is 22.6. The molecule has 0 bridgehead atoms. The highest BCUT2D eigenvalue weighted by Gasteiger charge is 2.17. The Bertz CT molecular complexity index is 1400. The number of piperidine rings is 1. The number of H-pyrrole nitrogens is 1. The zero-order valence-electron chi connectivity index (χ0n) is 21.7. The zero-order valence-corrected chi connectivity index (χ0v) is 21.7. The van der Waals surface area contributed by atoms with Gasteiger partial charge in [-0.05, 0) is 73.0 Å². The number of pyridine rings is 1. The van der Waals surface area contributed by atoms with E-state index in [1.165, 1.54) is 30.4 Å². The van der Waals surface area contributed by atoms with Crippen molar-refractivity contribution in [2.24, 2.45) is 0 Å². The van der Waals surface area contributed by atoms with Gasteiger partial charge in [-0.15, -0.1) is 0 Å². The number of anilines is 1. The van der Waals surface area contributed by atoms with Crippen LogP contribution in [0.4, 0.5) is 5.69 Å². The number of benzene rings is 2. The Balaban J connectivity index is 1.19. The summed E-state index contributed by atoms with van der Waals surface area (Å²) in [6.45, 7) is 7.47. The third-order valence-electron chi connectivity index (χ3n) is 7.46. The van der Waals surface area contributed by atoms with Gasteiger partial charge in [-0.25, -0.2) is 0 Å². The molecule has 0 aliphatic carbocycles. The van der Waals surface area contributed by atoms with Gasteiger partial charge in [-0.1, -0.05) is 24.6 Å². The van der Waals surface area contributed by atoms with Crippen LogP contribution in [0.15, 0.2) is 60.9 Å². The van der Waals surface area contributed by atoms with Gasteiger partial charge in [0.1, 0.15) is 0 Å². The second-order valence-corrected chi connectivity index (χ2v) is 10.3. The number of rotatable bonds is 7. The van der Waals surface area contributed by atoms with E-state index in [2.05, 4.69) is 48.5 Å². The summed E-state index contributed by atoms with van der Waals surface area (Å²) in [5.74, 6) is -0.220. The highest BCUT2D eigenvalue weighted by atomic mass is 16.5. The number of carbonyl (C=O) groups is 1. The van der Waals surface area contributed by atoms with E-state index in [9.17, 15) is 4.79 Å². The molecule has 6 rings (SSSR count). The predicted molar refractivity (Wildman–Crippen MR) is 149 cm³/mol. The van der Waals surface area contributed by atoms with Crippen LogP contribution in [0.5, 0.6) is 0 Å². The fourth-order valence-corrected chi connectivity index (χ4v) is 5.43. The van der Waals surface area contributed by atoms with Gasteiger partial charge >= 0.3 is 0 Å². The topological polar surface area (TPSA) is 86.4 Å². The monoisotopic (exact) mass is 510 g/mol. The summed E-state index contributed by atoms with van der Waals surface area (Å²) in [6.07, 6.45) is 7.64. The fourth-order valence-electron chi connectivity index (χ4n) is 5.43. The Morgan fingerprint density at radius 2 is 1.68 bits per heavy atom. The first kappa shape index (κ1) is 24.7. The highest BCUT2D eigenvalue weighted by molar-refractivity contribution is 6.11. The van der Waals surface area contributed by atoms with Gasteiger partial charge in [0, 0.05) is 55.2 Å². The standard InChI is InChI=1S/C30H34N6O2/c37-30(32-26-6-4-5-22(16-26)20-35-9-2-1-3-10-35)29-27-17-24(7-8-28(27)33-34-29)25-15-23(18-31-19-25)21-36-11-13-38-14-12-36/h4-8,15-19H,1-3,9-14,20-21H2,(H,32,37)(H,33,34). The van der Waals surface area contributed by atoms with Crippen molar-refractivity contribution in [1.29, 1.82) is 0 Å². The minimum absolute atomic E-state index is 0.220. The van der Waals surface area contributed by atoms with Crippen molar-refractivity contribution in [2.75, 3.05) is 44.7 Å². The van der Waals surface area contributed by atoms with Gasteiger partial charge in [-0.3, -0.25) is 24.7 Å². The summed E-state index contributed by atoms with van der Waals surface area (Å²) >= 11 is 0. The van der Waals surface area contributed by atoms with E-state index in [4.69, 9.17) is 4.74 Å². The molecule has 0 atom stereocenters. The molecule has 4 heterocycles. The molecular formula is C30H34N6O2. The molecule has 8 heteroatoms. The summed E-state index contributed by atoms with van der Waals surface area (Å²) in [7, 11) is 0. The maximum absolute atomic E-state index is 13.3. The maximum Gasteiger partial charge on any atom is 0.276 e. The lowest BCUT2D eigenvalue weighted by Gasteiger charge is -2.26. The van der Waals surface area contributed by atoms with Crippen LogP contribution in [-0.2, 0) is 17.8 Å². The van der Waals surface area contributed by atoms with Crippen molar-refractivity contribution in [3.8, 4) is 11.1 Å². The van der Waals surface area contributed by atoms with Crippen molar-refractivity contribution in [3.05, 3.63) is 77.7 Å². The molecule has 2 aliphatic heterocycles. The number of nitrogens with one attached hydrogen (secondary N) is 2. The molecule has 8 nitrogen and oxygen atoms in total. The van der Waals surface area contributed by atoms with Gasteiger partial charge in [0.2, 0.25) is 0 Å². The Morgan fingerprint density at radius 1 is 0.868 bits per heavy atom. The van der Waals surface area contributed by atoms with E-state index >= 15 is 0 Å². The molecule has 1 amide bonds. The predicted octanol–water partition coefficient (Wildman–Crippen LogP) is 4.70. The van der Waals surface area contributed by atoms with Crippen LogP contribution >= 0.6 is 0 Å². The molecule has 2 aromatic carbocycles. The number of amides is 1. The largest absolute Gasteiger partial charge is 0.379 e. The summed E-state index contributed by atoms with van der Waals surface area (Å²) < 4.78 is 5.47. The van der Waals surface area contributed by atoms with Crippen molar-refractivity contribution in [1.82, 2.24) is 25.0 Å². The normalized spacial score (nSPS) is 17.1. The molecular weight excluding hydrogens is 476 g/mol. The van der Waals surface area contributed by atoms with Gasteiger partial charge in [0.25, 0.3) is 5.91 Å². The lowest BCUT2D eigenvalue weighted by molar-refractivity contribution is 0.0341. The van der Waals surface area contributed by atoms with Crippen molar-refractivity contribution in [3.63, 3.8) is 0 Å². The zero-order chi connectivity index (χ0) is 25.7. The number of fused-ring (bicyclic) bond motifs is 1. The summed E-state index contributed by atoms with van der Waals surface area (Å²) in [5, 5.41) is 11.2. The van der Waals surface area contributed by atoms with Crippen LogP contribution in [0.3, 0.4) is 0 Å². The average molecular weight is 511 g/mol. The molecule has 0 unspecified atom stereocenters. The van der Waals surface area contributed by atoms with Crippen LogP contribution in [0.1, 0.15) is 40.9 Å². The quantitative estimate of drug-likeness (QED) is 0.375. The smallest absolute Gasteiger partial charge is 0.276 e. The fraction of sp³-hybridized carbons (Fsp3) is 0.367. The summed E-state index contributed by atoms with van der Waals surface area (Å²) in [5.41, 5.74) is 6.42. The molecule has 196 valence electrons. The first-order valence-corrected chi connectivity index (χ1v) is 13.6. The number of hydrogen-bond acceptors (Lipinski definition) is 6. The van der Waals surface area contributed by atoms with Crippen LogP contribution in [0.2, 0.25) is 0 Å². The Hall–Kier alpha value is -3.59. The van der Waals surface area contributed by atoms with Crippen molar-refractivity contribution >= 4 is 22.5 Å². The number of nitrogens with zero attached hydrogens (tertiary/aromatic N) is 4. The minimum Gasteiger partial charge on any atom is -0.379 e. The Labute approximate surface area is 223 Å². The van der Waals surface area contributed by atoms with E-state index in [1.54, 1.807) is 0 Å².